The van der Waals surface area contributed by atoms with Crippen LogP contribution in [0.1, 0.15) is 26.3 Å². The third-order valence-electron chi connectivity index (χ3n) is 4.83. The second kappa shape index (κ2) is 8.85. The number of halogens is 3. The number of morpholine rings is 1. The van der Waals surface area contributed by atoms with Gasteiger partial charge in [-0.1, -0.05) is 0 Å². The molecule has 1 aromatic rings. The van der Waals surface area contributed by atoms with Gasteiger partial charge in [0, 0.05) is 45.1 Å². The summed E-state index contributed by atoms with van der Waals surface area (Å²) in [6, 6.07) is 0. The third kappa shape index (κ3) is 5.96. The summed E-state index contributed by atoms with van der Waals surface area (Å²) < 4.78 is 48.9. The molecule has 31 heavy (non-hydrogen) atoms. The molecule has 2 fully saturated rings. The van der Waals surface area contributed by atoms with Crippen molar-refractivity contribution in [3.8, 4) is 0 Å². The molecule has 1 atom stereocenters. The van der Waals surface area contributed by atoms with Gasteiger partial charge in [-0.15, -0.1) is 0 Å². The minimum Gasteiger partial charge on any atom is -0.444 e. The number of anilines is 1. The van der Waals surface area contributed by atoms with Crippen LogP contribution in [0.15, 0.2) is 12.4 Å². The standard InChI is InChI=1S/C19H26F3N5O4/c1-18(2,3)31-17(29)27-8-9-30-14(12-27)15(28)25-4-6-26(7-5-25)16-23-10-13(11-24-16)19(20,21)22/h10-11,14H,4-9,12H2,1-3H3. The number of carbonyl (C=O) groups is 2. The van der Waals surface area contributed by atoms with Crippen molar-refractivity contribution in [3.05, 3.63) is 18.0 Å². The van der Waals surface area contributed by atoms with E-state index in [1.165, 1.54) is 4.90 Å². The first-order valence-corrected chi connectivity index (χ1v) is 9.96. The zero-order valence-electron chi connectivity index (χ0n) is 17.7. The number of carbonyl (C=O) groups excluding carboxylic acids is 2. The van der Waals surface area contributed by atoms with Crippen LogP contribution in [0.4, 0.5) is 23.9 Å². The van der Waals surface area contributed by atoms with Gasteiger partial charge in [0.2, 0.25) is 5.95 Å². The van der Waals surface area contributed by atoms with Gasteiger partial charge in [0.05, 0.1) is 18.7 Å². The van der Waals surface area contributed by atoms with Crippen molar-refractivity contribution in [1.29, 1.82) is 0 Å². The molecule has 9 nitrogen and oxygen atoms in total. The van der Waals surface area contributed by atoms with Crippen LogP contribution >= 0.6 is 0 Å². The van der Waals surface area contributed by atoms with Gasteiger partial charge in [-0.2, -0.15) is 13.2 Å². The highest BCUT2D eigenvalue weighted by Gasteiger charge is 2.36. The van der Waals surface area contributed by atoms with Gasteiger partial charge in [-0.3, -0.25) is 4.79 Å². The molecule has 0 radical (unpaired) electrons. The Bertz CT molecular complexity index is 789. The average Bonchev–Trinajstić information content (AvgIpc) is 2.72. The van der Waals surface area contributed by atoms with E-state index in [0.717, 1.165) is 12.4 Å². The highest BCUT2D eigenvalue weighted by atomic mass is 19.4. The second-order valence-electron chi connectivity index (χ2n) is 8.37. The van der Waals surface area contributed by atoms with Gasteiger partial charge in [0.15, 0.2) is 6.10 Å². The number of ether oxygens (including phenoxy) is 2. The van der Waals surface area contributed by atoms with Crippen LogP contribution in [0.2, 0.25) is 0 Å². The molecule has 2 aliphatic heterocycles. The molecule has 1 unspecified atom stereocenters. The van der Waals surface area contributed by atoms with E-state index in [1.54, 1.807) is 30.6 Å². The number of rotatable bonds is 2. The fourth-order valence-corrected chi connectivity index (χ4v) is 3.25. The Balaban J connectivity index is 1.53. The summed E-state index contributed by atoms with van der Waals surface area (Å²) in [6.45, 7) is 7.43. The van der Waals surface area contributed by atoms with Crippen LogP contribution in [0.3, 0.4) is 0 Å². The Morgan fingerprint density at radius 1 is 1.03 bits per heavy atom. The van der Waals surface area contributed by atoms with Crippen molar-refractivity contribution in [2.24, 2.45) is 0 Å². The Morgan fingerprint density at radius 3 is 2.19 bits per heavy atom. The summed E-state index contributed by atoms with van der Waals surface area (Å²) in [5.74, 6) is -0.0497. The fraction of sp³-hybridized carbons (Fsp3) is 0.684. The number of alkyl halides is 3. The van der Waals surface area contributed by atoms with Crippen LogP contribution in [-0.4, -0.2) is 89.3 Å². The maximum absolute atomic E-state index is 12.9. The zero-order chi connectivity index (χ0) is 22.8. The lowest BCUT2D eigenvalue weighted by Crippen LogP contribution is -2.57. The maximum atomic E-state index is 12.9. The van der Waals surface area contributed by atoms with Crippen molar-refractivity contribution in [1.82, 2.24) is 19.8 Å². The van der Waals surface area contributed by atoms with Gasteiger partial charge < -0.3 is 24.2 Å². The van der Waals surface area contributed by atoms with Crippen LogP contribution in [0.5, 0.6) is 0 Å². The molecular weight excluding hydrogens is 419 g/mol. The number of aromatic nitrogens is 2. The molecule has 0 aromatic carbocycles. The summed E-state index contributed by atoms with van der Waals surface area (Å²) >= 11 is 0. The first kappa shape index (κ1) is 23.0. The average molecular weight is 445 g/mol. The molecule has 0 bridgehead atoms. The van der Waals surface area contributed by atoms with E-state index in [4.69, 9.17) is 9.47 Å². The smallest absolute Gasteiger partial charge is 0.419 e. The lowest BCUT2D eigenvalue weighted by Gasteiger charge is -2.39. The Morgan fingerprint density at radius 2 is 1.65 bits per heavy atom. The first-order chi connectivity index (χ1) is 14.4. The minimum absolute atomic E-state index is 0.107. The summed E-state index contributed by atoms with van der Waals surface area (Å²) in [7, 11) is 0. The SMILES string of the molecule is CC(C)(C)OC(=O)N1CCOC(C(=O)N2CCN(c3ncc(C(F)(F)F)cn3)CC2)C1. The monoisotopic (exact) mass is 445 g/mol. The molecule has 3 rings (SSSR count). The highest BCUT2D eigenvalue weighted by molar-refractivity contribution is 5.82. The third-order valence-corrected chi connectivity index (χ3v) is 4.83. The van der Waals surface area contributed by atoms with E-state index in [0.29, 0.717) is 32.7 Å². The lowest BCUT2D eigenvalue weighted by atomic mass is 10.2. The van der Waals surface area contributed by atoms with E-state index in [1.807, 2.05) is 0 Å². The summed E-state index contributed by atoms with van der Waals surface area (Å²) in [6.07, 6.45) is -4.26. The van der Waals surface area contributed by atoms with Crippen LogP contribution in [0, 0.1) is 0 Å². The van der Waals surface area contributed by atoms with Crippen molar-refractivity contribution >= 4 is 17.9 Å². The van der Waals surface area contributed by atoms with Gasteiger partial charge in [-0.05, 0) is 20.8 Å². The quantitative estimate of drug-likeness (QED) is 0.686. The topological polar surface area (TPSA) is 88.1 Å². The highest BCUT2D eigenvalue weighted by Crippen LogP contribution is 2.28. The largest absolute Gasteiger partial charge is 0.444 e. The lowest BCUT2D eigenvalue weighted by molar-refractivity contribution is -0.149. The molecular formula is C19H26F3N5O4. The molecule has 3 heterocycles. The zero-order valence-corrected chi connectivity index (χ0v) is 17.7. The Labute approximate surface area is 178 Å². The van der Waals surface area contributed by atoms with Crippen molar-refractivity contribution < 1.29 is 32.2 Å². The summed E-state index contributed by atoms with van der Waals surface area (Å²) in [5, 5.41) is 0. The predicted molar refractivity (Wildman–Crippen MR) is 103 cm³/mol. The van der Waals surface area contributed by atoms with E-state index in [2.05, 4.69) is 9.97 Å². The van der Waals surface area contributed by atoms with Crippen LogP contribution < -0.4 is 4.90 Å². The van der Waals surface area contributed by atoms with E-state index < -0.39 is 29.5 Å². The number of hydrogen-bond acceptors (Lipinski definition) is 7. The number of amides is 2. The summed E-state index contributed by atoms with van der Waals surface area (Å²) in [5.41, 5.74) is -1.54. The minimum atomic E-state index is -4.49. The first-order valence-electron chi connectivity index (χ1n) is 9.96. The van der Waals surface area contributed by atoms with Crippen molar-refractivity contribution in [2.75, 3.05) is 50.8 Å². The van der Waals surface area contributed by atoms with Crippen molar-refractivity contribution in [3.63, 3.8) is 0 Å². The predicted octanol–water partition coefficient (Wildman–Crippen LogP) is 1.78. The number of nitrogens with zero attached hydrogens (tertiary/aromatic N) is 5. The van der Waals surface area contributed by atoms with Gasteiger partial charge in [0.25, 0.3) is 5.91 Å². The Kier molecular flexibility index (Phi) is 6.58. The molecule has 2 amide bonds. The van der Waals surface area contributed by atoms with Crippen LogP contribution in [0.25, 0.3) is 0 Å². The molecule has 0 aliphatic carbocycles. The van der Waals surface area contributed by atoms with Crippen molar-refractivity contribution in [2.45, 2.75) is 38.7 Å². The second-order valence-corrected chi connectivity index (χ2v) is 8.37. The van der Waals surface area contributed by atoms with Crippen LogP contribution in [-0.2, 0) is 20.4 Å². The van der Waals surface area contributed by atoms with E-state index >= 15 is 0 Å². The molecule has 12 heteroatoms. The molecule has 1 aromatic heterocycles. The summed E-state index contributed by atoms with van der Waals surface area (Å²) in [4.78, 5) is 37.5. The number of hydrogen-bond donors (Lipinski definition) is 0. The van der Waals surface area contributed by atoms with Gasteiger partial charge >= 0.3 is 12.3 Å². The Hall–Kier alpha value is -2.63. The molecule has 2 saturated heterocycles. The van der Waals surface area contributed by atoms with Gasteiger partial charge in [0.1, 0.15) is 5.60 Å². The normalized spacial score (nSPS) is 20.6. The maximum Gasteiger partial charge on any atom is 0.419 e. The molecule has 0 spiro atoms. The van der Waals surface area contributed by atoms with E-state index in [9.17, 15) is 22.8 Å². The number of piperazine rings is 1. The van der Waals surface area contributed by atoms with Gasteiger partial charge in [-0.25, -0.2) is 14.8 Å². The fourth-order valence-electron chi connectivity index (χ4n) is 3.25. The molecule has 0 saturated carbocycles. The molecule has 2 aliphatic rings. The van der Waals surface area contributed by atoms with E-state index in [-0.39, 0.29) is 25.0 Å². The molecule has 172 valence electrons. The molecule has 0 N–H and O–H groups in total.